The fourth-order valence-corrected chi connectivity index (χ4v) is 1.11. The summed E-state index contributed by atoms with van der Waals surface area (Å²) in [5, 5.41) is 0. The van der Waals surface area contributed by atoms with Crippen LogP contribution in [0.3, 0.4) is 0 Å². The molecule has 69 valence electrons. The molecule has 0 aromatic carbocycles. The van der Waals surface area contributed by atoms with Crippen LogP contribution in [0.15, 0.2) is 0 Å². The van der Waals surface area contributed by atoms with Crippen LogP contribution in [0.4, 0.5) is 0 Å². The summed E-state index contributed by atoms with van der Waals surface area (Å²) in [6.45, 7) is 7.27. The maximum Gasteiger partial charge on any atom is 0.697 e. The van der Waals surface area contributed by atoms with E-state index in [0.717, 1.165) is 0 Å². The van der Waals surface area contributed by atoms with Crippen molar-refractivity contribution in [3.63, 3.8) is 0 Å². The minimum absolute atomic E-state index is 0. The maximum atomic E-state index is 10.8. The Balaban J connectivity index is 0. The molecule has 0 heterocycles. The molecule has 0 saturated heterocycles. The summed E-state index contributed by atoms with van der Waals surface area (Å²) in [6, 6.07) is 0. The van der Waals surface area contributed by atoms with Crippen LogP contribution in [0.25, 0.3) is 0 Å². The first-order valence-corrected chi connectivity index (χ1v) is 4.42. The van der Waals surface area contributed by atoms with Crippen molar-refractivity contribution in [3.05, 3.63) is 0 Å². The van der Waals surface area contributed by atoms with Gasteiger partial charge in [-0.3, -0.25) is 0 Å². The van der Waals surface area contributed by atoms with Crippen molar-refractivity contribution in [2.75, 3.05) is 0 Å². The van der Waals surface area contributed by atoms with Gasteiger partial charge >= 0.3 is 8.25 Å². The molecular weight excluding hydrogens is 210 g/mol. The van der Waals surface area contributed by atoms with Crippen LogP contribution in [0.1, 0.15) is 27.7 Å². The molecule has 0 aromatic rings. The summed E-state index contributed by atoms with van der Waals surface area (Å²) in [6.07, 6.45) is -0.0790. The third-order valence-corrected chi connectivity index (χ3v) is 1.78. The van der Waals surface area contributed by atoms with E-state index in [1.165, 1.54) is 0 Å². The summed E-state index contributed by atoms with van der Waals surface area (Å²) in [7, 11) is -1.91. The van der Waals surface area contributed by atoms with Crippen LogP contribution in [-0.2, 0) is 30.4 Å². The van der Waals surface area contributed by atoms with Crippen LogP contribution in [0, 0.1) is 0 Å². The van der Waals surface area contributed by atoms with Crippen molar-refractivity contribution in [2.45, 2.75) is 39.9 Å². The van der Waals surface area contributed by atoms with Crippen LogP contribution in [-0.4, -0.2) is 12.2 Å². The minimum atomic E-state index is -1.91. The van der Waals surface area contributed by atoms with Gasteiger partial charge in [0.15, 0.2) is 0 Å². The molecular formula is C6H14CoO3P+. The van der Waals surface area contributed by atoms with Crippen molar-refractivity contribution in [1.82, 2.24) is 0 Å². The average Bonchev–Trinajstić information content (AvgIpc) is 1.58. The van der Waals surface area contributed by atoms with Gasteiger partial charge in [-0.2, -0.15) is 0 Å². The van der Waals surface area contributed by atoms with E-state index >= 15 is 0 Å². The van der Waals surface area contributed by atoms with Gasteiger partial charge in [0.25, 0.3) is 0 Å². The second-order valence-corrected chi connectivity index (χ2v) is 3.40. The molecule has 3 nitrogen and oxygen atoms in total. The molecule has 0 unspecified atom stereocenters. The molecule has 0 fully saturated rings. The van der Waals surface area contributed by atoms with E-state index in [1.54, 1.807) is 0 Å². The van der Waals surface area contributed by atoms with E-state index in [9.17, 15) is 4.57 Å². The molecule has 0 aliphatic heterocycles. The average molecular weight is 224 g/mol. The van der Waals surface area contributed by atoms with Crippen molar-refractivity contribution < 1.29 is 30.4 Å². The van der Waals surface area contributed by atoms with E-state index in [-0.39, 0.29) is 29.0 Å². The Kier molecular flexibility index (Phi) is 9.20. The second kappa shape index (κ2) is 7.19. The first-order chi connectivity index (χ1) is 4.52. The largest absolute Gasteiger partial charge is 0.697 e. The van der Waals surface area contributed by atoms with E-state index in [1.807, 2.05) is 27.7 Å². The predicted octanol–water partition coefficient (Wildman–Crippen LogP) is 2.49. The Bertz CT molecular complexity index is 104. The van der Waals surface area contributed by atoms with Gasteiger partial charge in [0.2, 0.25) is 0 Å². The topological polar surface area (TPSA) is 35.5 Å². The van der Waals surface area contributed by atoms with E-state index in [0.29, 0.717) is 0 Å². The summed E-state index contributed by atoms with van der Waals surface area (Å²) in [5.41, 5.74) is 0. The van der Waals surface area contributed by atoms with Crippen LogP contribution >= 0.6 is 8.25 Å². The fourth-order valence-electron chi connectivity index (χ4n) is 0.369. The van der Waals surface area contributed by atoms with E-state index in [2.05, 4.69) is 0 Å². The first-order valence-electron chi connectivity index (χ1n) is 3.33. The van der Waals surface area contributed by atoms with Crippen molar-refractivity contribution in [2.24, 2.45) is 0 Å². The Morgan fingerprint density at radius 2 is 1.27 bits per heavy atom. The Hall–Kier alpha value is 0.526. The van der Waals surface area contributed by atoms with Gasteiger partial charge in [-0.1, -0.05) is 0 Å². The molecule has 5 heteroatoms. The zero-order chi connectivity index (χ0) is 8.15. The Labute approximate surface area is 79.0 Å². The summed E-state index contributed by atoms with van der Waals surface area (Å²) < 4.78 is 20.5. The molecule has 0 N–H and O–H groups in total. The zero-order valence-corrected chi connectivity index (χ0v) is 9.10. The van der Waals surface area contributed by atoms with E-state index in [4.69, 9.17) is 9.05 Å². The van der Waals surface area contributed by atoms with Gasteiger partial charge < -0.3 is 0 Å². The van der Waals surface area contributed by atoms with Gasteiger partial charge in [0.1, 0.15) is 12.2 Å². The Morgan fingerprint density at radius 3 is 1.45 bits per heavy atom. The smallest absolute Gasteiger partial charge is 0.116 e. The standard InChI is InChI=1S/C6H14O3P.Co/c1-5(2)8-10(7)9-6(3)4;/h5-6H,1-4H3;/q+1;. The van der Waals surface area contributed by atoms with Crippen molar-refractivity contribution >= 4 is 8.25 Å². The molecule has 0 bridgehead atoms. The second-order valence-electron chi connectivity index (χ2n) is 2.53. The van der Waals surface area contributed by atoms with E-state index < -0.39 is 8.25 Å². The van der Waals surface area contributed by atoms with Gasteiger partial charge in [-0.25, -0.2) is 0 Å². The van der Waals surface area contributed by atoms with Crippen LogP contribution in [0.2, 0.25) is 0 Å². The van der Waals surface area contributed by atoms with Gasteiger partial charge in [-0.05, 0) is 27.7 Å². The number of rotatable bonds is 4. The first kappa shape index (κ1) is 14.1. The van der Waals surface area contributed by atoms with Gasteiger partial charge in [0, 0.05) is 21.3 Å². The van der Waals surface area contributed by atoms with Crippen LogP contribution < -0.4 is 0 Å². The van der Waals surface area contributed by atoms with Gasteiger partial charge in [-0.15, -0.1) is 9.05 Å². The number of hydrogen-bond acceptors (Lipinski definition) is 3. The molecule has 0 saturated carbocycles. The molecule has 1 radical (unpaired) electrons. The zero-order valence-electron chi connectivity index (χ0n) is 7.16. The summed E-state index contributed by atoms with van der Waals surface area (Å²) in [4.78, 5) is 0. The quantitative estimate of drug-likeness (QED) is 0.688. The molecule has 0 aliphatic rings. The molecule has 0 atom stereocenters. The maximum absolute atomic E-state index is 10.8. The van der Waals surface area contributed by atoms with Crippen LogP contribution in [0.5, 0.6) is 0 Å². The third kappa shape index (κ3) is 10.5. The molecule has 0 amide bonds. The van der Waals surface area contributed by atoms with Gasteiger partial charge in [0.05, 0.1) is 0 Å². The number of hydrogen-bond donors (Lipinski definition) is 0. The minimum Gasteiger partial charge on any atom is -0.116 e. The van der Waals surface area contributed by atoms with Crippen molar-refractivity contribution in [3.8, 4) is 0 Å². The predicted molar refractivity (Wildman–Crippen MR) is 40.0 cm³/mol. The summed E-state index contributed by atoms with van der Waals surface area (Å²) >= 11 is 0. The molecule has 0 spiro atoms. The Morgan fingerprint density at radius 1 is 1.00 bits per heavy atom. The van der Waals surface area contributed by atoms with Crippen molar-refractivity contribution in [1.29, 1.82) is 0 Å². The monoisotopic (exact) mass is 224 g/mol. The molecule has 11 heavy (non-hydrogen) atoms. The normalized spacial score (nSPS) is 10.0. The molecule has 0 rings (SSSR count). The summed E-state index contributed by atoms with van der Waals surface area (Å²) in [5.74, 6) is 0. The third-order valence-electron chi connectivity index (χ3n) is 0.594. The molecule has 0 aromatic heterocycles. The molecule has 0 aliphatic carbocycles. The fraction of sp³-hybridized carbons (Fsp3) is 1.00. The SMILES string of the molecule is CC(C)O[P+](=O)OC(C)C.[Co].